The molecule has 4 rings (SSSR count). The third kappa shape index (κ3) is 8.78. The van der Waals surface area contributed by atoms with Crippen molar-refractivity contribution in [1.82, 2.24) is 9.80 Å². The van der Waals surface area contributed by atoms with Gasteiger partial charge in [0.1, 0.15) is 18.0 Å². The lowest BCUT2D eigenvalue weighted by atomic mass is 9.91. The first kappa shape index (κ1) is 32.0. The second kappa shape index (κ2) is 15.0. The lowest BCUT2D eigenvalue weighted by Crippen LogP contribution is -2.48. The van der Waals surface area contributed by atoms with Gasteiger partial charge >= 0.3 is 12.1 Å². The van der Waals surface area contributed by atoms with Gasteiger partial charge in [-0.3, -0.25) is 4.79 Å². The van der Waals surface area contributed by atoms with Gasteiger partial charge < -0.3 is 34.0 Å². The van der Waals surface area contributed by atoms with Gasteiger partial charge in [-0.05, 0) is 62.1 Å². The molecule has 5 atom stereocenters. The van der Waals surface area contributed by atoms with Crippen molar-refractivity contribution in [3.63, 3.8) is 0 Å². The van der Waals surface area contributed by atoms with E-state index in [0.29, 0.717) is 57.9 Å². The van der Waals surface area contributed by atoms with E-state index in [1.807, 2.05) is 50.9 Å². The van der Waals surface area contributed by atoms with Gasteiger partial charge in [-0.15, -0.1) is 0 Å². The number of rotatable bonds is 4. The fraction of sp³-hybridized carbons (Fsp3) is 0.625. The number of morpholine rings is 1. The average molecular weight is 588 g/mol. The van der Waals surface area contributed by atoms with Gasteiger partial charge in [0.2, 0.25) is 0 Å². The number of likely N-dealkylation sites (N-methyl/N-ethyl adjacent to an activating group) is 1. The van der Waals surface area contributed by atoms with E-state index < -0.39 is 24.3 Å². The Labute approximate surface area is 248 Å². The fourth-order valence-corrected chi connectivity index (χ4v) is 5.64. The normalized spacial score (nSPS) is 29.7. The van der Waals surface area contributed by atoms with E-state index >= 15 is 0 Å². The maximum Gasteiger partial charge on any atom is 0.410 e. The number of piperazine rings is 1. The monoisotopic (exact) mass is 587 g/mol. The number of ether oxygens (including phenoxy) is 3. The molecular weight excluding hydrogens is 541 g/mol. The van der Waals surface area contributed by atoms with Crippen LogP contribution in [0, 0.1) is 17.7 Å². The van der Waals surface area contributed by atoms with E-state index in [4.69, 9.17) is 14.2 Å². The van der Waals surface area contributed by atoms with Crippen molar-refractivity contribution >= 4 is 23.8 Å². The first-order valence-electron chi connectivity index (χ1n) is 15.1. The molecule has 0 saturated carbocycles. The van der Waals surface area contributed by atoms with Crippen LogP contribution in [0.15, 0.2) is 35.9 Å². The molecule has 9 nitrogen and oxygen atoms in total. The van der Waals surface area contributed by atoms with Crippen LogP contribution < -0.4 is 4.90 Å². The molecule has 0 bridgehead atoms. The van der Waals surface area contributed by atoms with Crippen LogP contribution in [0.4, 0.5) is 14.9 Å². The molecule has 232 valence electrons. The summed E-state index contributed by atoms with van der Waals surface area (Å²) >= 11 is 0. The minimum atomic E-state index is -0.856. The molecule has 2 fully saturated rings. The number of hydrogen-bond acceptors (Lipinski definition) is 8. The van der Waals surface area contributed by atoms with E-state index in [2.05, 4.69) is 4.90 Å². The summed E-state index contributed by atoms with van der Waals surface area (Å²) in [5, 5.41) is 10.6. The minimum Gasteiger partial charge on any atom is -0.457 e. The Morgan fingerprint density at radius 3 is 2.50 bits per heavy atom. The Morgan fingerprint density at radius 1 is 1.07 bits per heavy atom. The summed E-state index contributed by atoms with van der Waals surface area (Å²) in [5.74, 6) is -1.07. The molecule has 1 aromatic rings. The Bertz CT molecular complexity index is 1130. The predicted molar refractivity (Wildman–Crippen MR) is 160 cm³/mol. The van der Waals surface area contributed by atoms with Crippen molar-refractivity contribution in [2.75, 3.05) is 64.4 Å². The molecule has 1 aromatic carbocycles. The number of carbonyl (C=O) groups excluding carboxylic acids is 2. The van der Waals surface area contributed by atoms with Gasteiger partial charge in [-0.2, -0.15) is 0 Å². The number of cyclic esters (lactones) is 1. The molecule has 0 aliphatic carbocycles. The van der Waals surface area contributed by atoms with E-state index in [1.165, 1.54) is 6.07 Å². The number of halogens is 1. The van der Waals surface area contributed by atoms with Crippen molar-refractivity contribution in [3.05, 3.63) is 47.3 Å². The minimum absolute atomic E-state index is 0.0529. The predicted octanol–water partition coefficient (Wildman–Crippen LogP) is 4.10. The van der Waals surface area contributed by atoms with Gasteiger partial charge in [-0.25, -0.2) is 9.18 Å². The highest BCUT2D eigenvalue weighted by Gasteiger charge is 2.29. The van der Waals surface area contributed by atoms with Crippen molar-refractivity contribution in [1.29, 1.82) is 0 Å². The number of amides is 1. The number of hydrogen-bond donors (Lipinski definition) is 1. The summed E-state index contributed by atoms with van der Waals surface area (Å²) in [5.41, 5.74) is 2.09. The Hall–Kier alpha value is -2.95. The molecule has 3 heterocycles. The second-order valence-electron chi connectivity index (χ2n) is 11.9. The van der Waals surface area contributed by atoms with Crippen LogP contribution in [0.1, 0.15) is 45.6 Å². The summed E-state index contributed by atoms with van der Waals surface area (Å²) < 4.78 is 32.0. The van der Waals surface area contributed by atoms with Gasteiger partial charge in [0.15, 0.2) is 0 Å². The zero-order valence-corrected chi connectivity index (χ0v) is 25.3. The fourth-order valence-electron chi connectivity index (χ4n) is 5.64. The van der Waals surface area contributed by atoms with Gasteiger partial charge in [0.05, 0.1) is 31.4 Å². The van der Waals surface area contributed by atoms with Gasteiger partial charge in [0.25, 0.3) is 0 Å². The molecule has 1 amide bonds. The lowest BCUT2D eigenvalue weighted by molar-refractivity contribution is -0.151. The molecule has 0 aromatic heterocycles. The smallest absolute Gasteiger partial charge is 0.410 e. The van der Waals surface area contributed by atoms with Crippen LogP contribution in [0.3, 0.4) is 0 Å². The summed E-state index contributed by atoms with van der Waals surface area (Å²) in [6, 6.07) is 4.97. The van der Waals surface area contributed by atoms with E-state index in [9.17, 15) is 19.1 Å². The molecule has 1 N–H and O–H groups in total. The third-order valence-electron chi connectivity index (χ3n) is 8.42. The highest BCUT2D eigenvalue weighted by Crippen LogP contribution is 2.28. The Kier molecular flexibility index (Phi) is 11.4. The van der Waals surface area contributed by atoms with E-state index in [-0.39, 0.29) is 30.2 Å². The van der Waals surface area contributed by atoms with E-state index in [0.717, 1.165) is 24.2 Å². The molecule has 2 saturated heterocycles. The number of nitrogens with zero attached hydrogens (tertiary/aromatic N) is 3. The van der Waals surface area contributed by atoms with Crippen LogP contribution in [-0.2, 0) is 19.0 Å². The number of esters is 1. The largest absolute Gasteiger partial charge is 0.457 e. The van der Waals surface area contributed by atoms with Crippen LogP contribution in [-0.4, -0.2) is 105 Å². The first-order chi connectivity index (χ1) is 20.1. The quantitative estimate of drug-likeness (QED) is 0.416. The summed E-state index contributed by atoms with van der Waals surface area (Å²) in [6.45, 7) is 11.0. The number of aliphatic hydroxyl groups excluding tert-OH is 1. The first-order valence-corrected chi connectivity index (χ1v) is 15.1. The Morgan fingerprint density at radius 2 is 1.79 bits per heavy atom. The van der Waals surface area contributed by atoms with Crippen LogP contribution >= 0.6 is 0 Å². The van der Waals surface area contributed by atoms with Gasteiger partial charge in [-0.1, -0.05) is 32.1 Å². The zero-order chi connectivity index (χ0) is 30.2. The maximum atomic E-state index is 14.7. The SMILES string of the molecule is C/C(=C\c1ccc(F)c(N2CCOCC2)c1)[C@H]1OC(=O)C[C@H](O)CC[C@H](C)[C@@H](OC(=O)N2CCN(C)CC2)/C=C/[C@@H]1C. The molecule has 3 aliphatic rings. The number of anilines is 1. The van der Waals surface area contributed by atoms with Crippen molar-refractivity contribution in [2.45, 2.75) is 58.3 Å². The summed E-state index contributed by atoms with van der Waals surface area (Å²) in [4.78, 5) is 31.7. The third-order valence-corrected chi connectivity index (χ3v) is 8.42. The maximum absolute atomic E-state index is 14.7. The van der Waals surface area contributed by atoms with Crippen LogP contribution in [0.2, 0.25) is 0 Å². The second-order valence-corrected chi connectivity index (χ2v) is 11.9. The molecule has 10 heteroatoms. The topological polar surface area (TPSA) is 91.8 Å². The molecule has 3 aliphatic heterocycles. The number of carbonyl (C=O) groups is 2. The number of benzene rings is 1. The molecule has 0 unspecified atom stereocenters. The highest BCUT2D eigenvalue weighted by atomic mass is 19.1. The molecular formula is C32H46FN3O6. The average Bonchev–Trinajstić information content (AvgIpc) is 2.97. The van der Waals surface area contributed by atoms with Gasteiger partial charge in [0, 0.05) is 45.2 Å². The van der Waals surface area contributed by atoms with Crippen molar-refractivity contribution in [3.8, 4) is 0 Å². The highest BCUT2D eigenvalue weighted by molar-refractivity contribution is 5.71. The lowest BCUT2D eigenvalue weighted by Gasteiger charge is -2.33. The number of aliphatic hydroxyl groups is 1. The van der Waals surface area contributed by atoms with E-state index in [1.54, 1.807) is 17.0 Å². The Balaban J connectivity index is 1.55. The summed E-state index contributed by atoms with van der Waals surface area (Å²) in [6.07, 6.45) is 4.30. The van der Waals surface area contributed by atoms with Crippen molar-refractivity contribution in [2.24, 2.45) is 11.8 Å². The van der Waals surface area contributed by atoms with Crippen LogP contribution in [0.5, 0.6) is 0 Å². The molecule has 0 spiro atoms. The molecule has 0 radical (unpaired) electrons. The van der Waals surface area contributed by atoms with Crippen molar-refractivity contribution < 1.29 is 33.3 Å². The summed E-state index contributed by atoms with van der Waals surface area (Å²) in [7, 11) is 2.03. The molecule has 42 heavy (non-hydrogen) atoms. The van der Waals surface area contributed by atoms with Crippen LogP contribution in [0.25, 0.3) is 6.08 Å². The zero-order valence-electron chi connectivity index (χ0n) is 25.3. The standard InChI is InChI=1S/C32H46FN3O6/c1-22-5-8-26(37)21-30(38)42-31(23(2)6-10-29(22)41-32(39)36-13-11-34(4)12-14-36)24(3)19-25-7-9-27(33)28(20-25)35-15-17-40-18-16-35/h6-7,9-10,19-20,22-23,26,29,31,37H,5,8,11-18,21H2,1-4H3/b10-6+,24-19+/t22-,23-,26+,29-,31-/m0/s1.